The van der Waals surface area contributed by atoms with Gasteiger partial charge in [0.25, 0.3) is 5.91 Å². The zero-order valence-corrected chi connectivity index (χ0v) is 18.1. The lowest BCUT2D eigenvalue weighted by Crippen LogP contribution is -2.34. The zero-order chi connectivity index (χ0) is 22.5. The van der Waals surface area contributed by atoms with Gasteiger partial charge in [0.2, 0.25) is 0 Å². The van der Waals surface area contributed by atoms with Crippen LogP contribution < -0.4 is 4.74 Å². The number of para-hydroxylation sites is 1. The predicted molar refractivity (Wildman–Crippen MR) is 118 cm³/mol. The number of hydrazone groups is 1. The molecular formula is C24H21ClN2O5. The van der Waals surface area contributed by atoms with E-state index >= 15 is 0 Å². The summed E-state index contributed by atoms with van der Waals surface area (Å²) in [6.45, 7) is 1.11. The summed E-state index contributed by atoms with van der Waals surface area (Å²) in [5.41, 5.74) is 1.56. The van der Waals surface area contributed by atoms with Gasteiger partial charge in [0.1, 0.15) is 17.6 Å². The Hall–Kier alpha value is -3.58. The van der Waals surface area contributed by atoms with Crippen molar-refractivity contribution in [2.45, 2.75) is 25.5 Å². The number of nitrogens with zero attached hydrogens (tertiary/aromatic N) is 2. The second kappa shape index (κ2) is 9.70. The Morgan fingerprint density at radius 1 is 1.12 bits per heavy atom. The fraction of sp³-hybridized carbons (Fsp3) is 0.208. The fourth-order valence-corrected chi connectivity index (χ4v) is 3.45. The summed E-state index contributed by atoms with van der Waals surface area (Å²) in [5.74, 6) is 0.0320. The monoisotopic (exact) mass is 452 g/mol. The van der Waals surface area contributed by atoms with E-state index < -0.39 is 30.6 Å². The van der Waals surface area contributed by atoms with Crippen LogP contribution in [0.15, 0.2) is 82.5 Å². The van der Waals surface area contributed by atoms with Crippen LogP contribution in [0.4, 0.5) is 0 Å². The molecule has 0 N–H and O–H groups in total. The van der Waals surface area contributed by atoms with Crippen molar-refractivity contribution in [2.75, 3.05) is 6.61 Å². The number of benzene rings is 2. The third kappa shape index (κ3) is 5.00. The summed E-state index contributed by atoms with van der Waals surface area (Å²) < 4.78 is 16.3. The summed E-state index contributed by atoms with van der Waals surface area (Å²) in [6, 6.07) is 19.2. The topological polar surface area (TPSA) is 81.3 Å². The van der Waals surface area contributed by atoms with Crippen LogP contribution in [0.1, 0.15) is 30.7 Å². The van der Waals surface area contributed by atoms with Crippen LogP contribution in [-0.4, -0.2) is 35.3 Å². The van der Waals surface area contributed by atoms with Crippen molar-refractivity contribution in [3.8, 4) is 5.75 Å². The van der Waals surface area contributed by atoms with Gasteiger partial charge in [-0.3, -0.25) is 4.79 Å². The first-order valence-corrected chi connectivity index (χ1v) is 10.5. The molecule has 1 aliphatic heterocycles. The van der Waals surface area contributed by atoms with Crippen molar-refractivity contribution in [1.82, 2.24) is 5.01 Å². The van der Waals surface area contributed by atoms with Crippen molar-refractivity contribution in [1.29, 1.82) is 0 Å². The van der Waals surface area contributed by atoms with Crippen molar-refractivity contribution >= 4 is 29.2 Å². The predicted octanol–water partition coefficient (Wildman–Crippen LogP) is 4.62. The molecule has 4 rings (SSSR count). The SMILES string of the molecule is CC(Oc1ccccc1)C(=O)OCC(=O)N1N=C(c2ccc(Cl)cc2)CC1c1ccco1. The Morgan fingerprint density at radius 3 is 2.56 bits per heavy atom. The van der Waals surface area contributed by atoms with Crippen molar-refractivity contribution < 1.29 is 23.5 Å². The van der Waals surface area contributed by atoms with Crippen LogP contribution in [0.2, 0.25) is 5.02 Å². The average molecular weight is 453 g/mol. The molecule has 0 fully saturated rings. The lowest BCUT2D eigenvalue weighted by molar-refractivity contribution is -0.158. The third-order valence-electron chi connectivity index (χ3n) is 4.94. The number of carbonyl (C=O) groups excluding carboxylic acids is 2. The number of rotatable bonds is 7. The molecule has 1 aromatic heterocycles. The summed E-state index contributed by atoms with van der Waals surface area (Å²) >= 11 is 5.98. The van der Waals surface area contributed by atoms with E-state index in [4.69, 9.17) is 25.5 Å². The number of hydrogen-bond acceptors (Lipinski definition) is 6. The number of ether oxygens (including phenoxy) is 2. The van der Waals surface area contributed by atoms with Gasteiger partial charge in [-0.25, -0.2) is 9.80 Å². The standard InChI is InChI=1S/C24H21ClN2O5/c1-16(32-19-6-3-2-4-7-19)24(29)31-15-23(28)27-21(22-8-5-13-30-22)14-20(26-27)17-9-11-18(25)12-10-17/h2-13,16,21H,14-15H2,1H3. The highest BCUT2D eigenvalue weighted by molar-refractivity contribution is 6.30. The highest BCUT2D eigenvalue weighted by Gasteiger charge is 2.35. The molecule has 2 heterocycles. The Kier molecular flexibility index (Phi) is 6.56. The smallest absolute Gasteiger partial charge is 0.347 e. The molecule has 1 aliphatic rings. The first-order chi connectivity index (χ1) is 15.5. The molecule has 1 amide bonds. The summed E-state index contributed by atoms with van der Waals surface area (Å²) in [6.07, 6.45) is 1.14. The molecule has 164 valence electrons. The van der Waals surface area contributed by atoms with Crippen molar-refractivity contribution in [3.63, 3.8) is 0 Å². The fourth-order valence-electron chi connectivity index (χ4n) is 3.33. The van der Waals surface area contributed by atoms with E-state index in [9.17, 15) is 9.59 Å². The number of halogens is 1. The van der Waals surface area contributed by atoms with E-state index in [1.165, 1.54) is 5.01 Å². The number of hydrogen-bond donors (Lipinski definition) is 0. The molecule has 0 spiro atoms. The second-order valence-electron chi connectivity index (χ2n) is 7.21. The van der Waals surface area contributed by atoms with Gasteiger partial charge < -0.3 is 13.9 Å². The van der Waals surface area contributed by atoms with E-state index in [0.717, 1.165) is 5.56 Å². The van der Waals surface area contributed by atoms with Crippen LogP contribution in [-0.2, 0) is 14.3 Å². The lowest BCUT2D eigenvalue weighted by Gasteiger charge is -2.20. The molecule has 8 heteroatoms. The van der Waals surface area contributed by atoms with Crippen LogP contribution in [0, 0.1) is 0 Å². The molecule has 0 saturated carbocycles. The molecule has 2 unspecified atom stereocenters. The van der Waals surface area contributed by atoms with Gasteiger partial charge in [-0.15, -0.1) is 0 Å². The van der Waals surface area contributed by atoms with Gasteiger partial charge in [0.15, 0.2) is 12.7 Å². The first-order valence-electron chi connectivity index (χ1n) is 10.1. The Bertz CT molecular complexity index is 1100. The van der Waals surface area contributed by atoms with E-state index in [1.54, 1.807) is 61.7 Å². The minimum atomic E-state index is -0.863. The van der Waals surface area contributed by atoms with Crippen molar-refractivity contribution in [3.05, 3.63) is 89.3 Å². The molecule has 7 nitrogen and oxygen atoms in total. The number of amides is 1. The van der Waals surface area contributed by atoms with E-state index in [2.05, 4.69) is 5.10 Å². The molecule has 32 heavy (non-hydrogen) atoms. The minimum absolute atomic E-state index is 0.431. The first kappa shape index (κ1) is 21.6. The molecule has 0 aliphatic carbocycles. The number of furan rings is 1. The second-order valence-corrected chi connectivity index (χ2v) is 7.64. The maximum Gasteiger partial charge on any atom is 0.347 e. The largest absolute Gasteiger partial charge is 0.479 e. The van der Waals surface area contributed by atoms with Crippen LogP contribution in [0.3, 0.4) is 0 Å². The van der Waals surface area contributed by atoms with E-state index in [0.29, 0.717) is 28.7 Å². The molecule has 0 saturated heterocycles. The molecule has 2 aromatic carbocycles. The average Bonchev–Trinajstić information content (AvgIpc) is 3.48. The highest BCUT2D eigenvalue weighted by Crippen LogP contribution is 2.33. The quantitative estimate of drug-likeness (QED) is 0.488. The molecule has 0 bridgehead atoms. The van der Waals surface area contributed by atoms with Gasteiger partial charge >= 0.3 is 5.97 Å². The highest BCUT2D eigenvalue weighted by atomic mass is 35.5. The van der Waals surface area contributed by atoms with Crippen LogP contribution in [0.25, 0.3) is 0 Å². The minimum Gasteiger partial charge on any atom is -0.479 e. The van der Waals surface area contributed by atoms with Gasteiger partial charge in [-0.1, -0.05) is 41.9 Å². The molecule has 0 radical (unpaired) electrons. The number of carbonyl (C=O) groups is 2. The Balaban J connectivity index is 1.43. The third-order valence-corrected chi connectivity index (χ3v) is 5.19. The van der Waals surface area contributed by atoms with Crippen LogP contribution in [0.5, 0.6) is 5.75 Å². The van der Waals surface area contributed by atoms with Gasteiger partial charge in [-0.05, 0) is 48.9 Å². The number of esters is 1. The Labute approximate surface area is 190 Å². The zero-order valence-electron chi connectivity index (χ0n) is 17.3. The Morgan fingerprint density at radius 2 is 1.88 bits per heavy atom. The summed E-state index contributed by atoms with van der Waals surface area (Å²) in [4.78, 5) is 25.2. The van der Waals surface area contributed by atoms with E-state index in [1.807, 2.05) is 18.2 Å². The van der Waals surface area contributed by atoms with Gasteiger partial charge in [0, 0.05) is 11.4 Å². The maximum absolute atomic E-state index is 12.9. The summed E-state index contributed by atoms with van der Waals surface area (Å²) in [7, 11) is 0. The van der Waals surface area contributed by atoms with Gasteiger partial charge in [0.05, 0.1) is 12.0 Å². The molecule has 3 aromatic rings. The van der Waals surface area contributed by atoms with E-state index in [-0.39, 0.29) is 0 Å². The molecular weight excluding hydrogens is 432 g/mol. The summed E-state index contributed by atoms with van der Waals surface area (Å²) in [5, 5.41) is 6.41. The lowest BCUT2D eigenvalue weighted by atomic mass is 10.0. The normalized spacial score (nSPS) is 16.4. The van der Waals surface area contributed by atoms with Crippen molar-refractivity contribution in [2.24, 2.45) is 5.10 Å². The van der Waals surface area contributed by atoms with Crippen LogP contribution >= 0.6 is 11.6 Å². The van der Waals surface area contributed by atoms with Gasteiger partial charge in [-0.2, -0.15) is 5.10 Å². The molecule has 2 atom stereocenters. The maximum atomic E-state index is 12.9.